The van der Waals surface area contributed by atoms with Gasteiger partial charge in [-0.25, -0.2) is 0 Å². The molecule has 2 aliphatic carbocycles. The van der Waals surface area contributed by atoms with Gasteiger partial charge in [0.05, 0.1) is 31.3 Å². The molecule has 4 rings (SSSR count). The van der Waals surface area contributed by atoms with Crippen molar-refractivity contribution in [2.75, 3.05) is 13.2 Å². The number of fused-ring (bicyclic) bond motifs is 2. The molecule has 1 saturated carbocycles. The molecule has 2 N–H and O–H groups in total. The average molecular weight is 308 g/mol. The second-order valence-corrected chi connectivity index (χ2v) is 7.76. The van der Waals surface area contributed by atoms with Crippen molar-refractivity contribution in [1.82, 2.24) is 0 Å². The number of carbonyl (C=O) groups is 1. The van der Waals surface area contributed by atoms with Gasteiger partial charge >= 0.3 is 0 Å². The summed E-state index contributed by atoms with van der Waals surface area (Å²) in [5, 5.41) is 21.1. The molecule has 0 aromatic heterocycles. The van der Waals surface area contributed by atoms with E-state index in [9.17, 15) is 15.0 Å². The van der Waals surface area contributed by atoms with Crippen LogP contribution in [0.5, 0.6) is 0 Å². The molecule has 2 bridgehead atoms. The quantitative estimate of drug-likeness (QED) is 0.583. The van der Waals surface area contributed by atoms with E-state index in [2.05, 4.69) is 13.0 Å². The molecule has 2 heterocycles. The first-order chi connectivity index (χ1) is 10.3. The molecule has 7 atom stereocenters. The van der Waals surface area contributed by atoms with E-state index in [1.807, 2.05) is 6.92 Å². The summed E-state index contributed by atoms with van der Waals surface area (Å²) in [7, 11) is 0. The summed E-state index contributed by atoms with van der Waals surface area (Å²) in [5.41, 5.74) is -0.572. The SMILES string of the molecule is CC(=O)C1C(O)[C@H]2O[C@@H]3C=C(C)CC[C@]3(CO)[C@]1(C)[C@]21CO1. The Morgan fingerprint density at radius 3 is 2.73 bits per heavy atom. The maximum atomic E-state index is 12.3. The number of Topliss-reactive ketones (excluding diaryl/α,β-unsaturated/α-hetero) is 1. The van der Waals surface area contributed by atoms with E-state index < -0.39 is 34.6 Å². The number of epoxide rings is 1. The average Bonchev–Trinajstić information content (AvgIpc) is 3.22. The van der Waals surface area contributed by atoms with Crippen LogP contribution in [-0.2, 0) is 14.3 Å². The first kappa shape index (κ1) is 14.8. The molecule has 1 spiro atoms. The fourth-order valence-corrected chi connectivity index (χ4v) is 5.74. The van der Waals surface area contributed by atoms with E-state index in [-0.39, 0.29) is 18.5 Å². The maximum absolute atomic E-state index is 12.3. The van der Waals surface area contributed by atoms with Crippen LogP contribution in [0.1, 0.15) is 33.6 Å². The summed E-state index contributed by atoms with van der Waals surface area (Å²) in [6.45, 7) is 6.04. The third kappa shape index (κ3) is 1.34. The normalized spacial score (nSPS) is 55.8. The minimum atomic E-state index is -0.868. The van der Waals surface area contributed by atoms with Crippen LogP contribution in [0.3, 0.4) is 0 Å². The van der Waals surface area contributed by atoms with Gasteiger partial charge in [0.25, 0.3) is 0 Å². The van der Waals surface area contributed by atoms with Gasteiger partial charge in [-0.15, -0.1) is 0 Å². The number of hydrogen-bond acceptors (Lipinski definition) is 5. The second-order valence-electron chi connectivity index (χ2n) is 7.76. The highest BCUT2D eigenvalue weighted by atomic mass is 16.6. The fraction of sp³-hybridized carbons (Fsp3) is 0.824. The van der Waals surface area contributed by atoms with E-state index in [0.29, 0.717) is 6.61 Å². The van der Waals surface area contributed by atoms with Crippen LogP contribution < -0.4 is 0 Å². The van der Waals surface area contributed by atoms with Crippen molar-refractivity contribution in [3.63, 3.8) is 0 Å². The summed E-state index contributed by atoms with van der Waals surface area (Å²) in [4.78, 5) is 12.3. The lowest BCUT2D eigenvalue weighted by Crippen LogP contribution is -2.65. The monoisotopic (exact) mass is 308 g/mol. The lowest BCUT2D eigenvalue weighted by Gasteiger charge is -2.58. The number of aliphatic hydroxyl groups excluding tert-OH is 2. The summed E-state index contributed by atoms with van der Waals surface area (Å²) >= 11 is 0. The van der Waals surface area contributed by atoms with Crippen molar-refractivity contribution >= 4 is 5.78 Å². The number of carbonyl (C=O) groups excluding carboxylic acids is 1. The number of aliphatic hydroxyl groups is 2. The topological polar surface area (TPSA) is 79.3 Å². The van der Waals surface area contributed by atoms with Gasteiger partial charge in [-0.2, -0.15) is 0 Å². The number of ketones is 1. The van der Waals surface area contributed by atoms with Crippen molar-refractivity contribution in [3.05, 3.63) is 11.6 Å². The van der Waals surface area contributed by atoms with Gasteiger partial charge in [-0.1, -0.05) is 18.6 Å². The molecule has 0 aromatic carbocycles. The molecule has 3 fully saturated rings. The van der Waals surface area contributed by atoms with E-state index in [1.54, 1.807) is 0 Å². The molecular weight excluding hydrogens is 284 g/mol. The molecule has 4 aliphatic rings. The second kappa shape index (κ2) is 4.20. The Hall–Kier alpha value is -0.750. The van der Waals surface area contributed by atoms with Gasteiger partial charge in [0.2, 0.25) is 0 Å². The third-order valence-electron chi connectivity index (χ3n) is 7.06. The van der Waals surface area contributed by atoms with Gasteiger partial charge in [-0.3, -0.25) is 4.79 Å². The van der Waals surface area contributed by atoms with Crippen LogP contribution in [0, 0.1) is 16.7 Å². The van der Waals surface area contributed by atoms with Crippen LogP contribution in [-0.4, -0.2) is 53.1 Å². The highest BCUT2D eigenvalue weighted by Crippen LogP contribution is 2.73. The molecule has 0 amide bonds. The van der Waals surface area contributed by atoms with E-state index in [0.717, 1.165) is 12.8 Å². The summed E-state index contributed by atoms with van der Waals surface area (Å²) in [6.07, 6.45) is 2.06. The Morgan fingerprint density at radius 1 is 1.50 bits per heavy atom. The third-order valence-corrected chi connectivity index (χ3v) is 7.06. The van der Waals surface area contributed by atoms with Crippen LogP contribution in [0.25, 0.3) is 0 Å². The number of rotatable bonds is 2. The zero-order valence-electron chi connectivity index (χ0n) is 13.3. The first-order valence-corrected chi connectivity index (χ1v) is 8.10. The van der Waals surface area contributed by atoms with Crippen molar-refractivity contribution in [2.24, 2.45) is 16.7 Å². The number of allylic oxidation sites excluding steroid dienone is 1. The minimum Gasteiger partial charge on any atom is -0.396 e. The molecule has 122 valence electrons. The van der Waals surface area contributed by atoms with Crippen molar-refractivity contribution in [1.29, 1.82) is 0 Å². The van der Waals surface area contributed by atoms with E-state index in [4.69, 9.17) is 9.47 Å². The fourth-order valence-electron chi connectivity index (χ4n) is 5.74. The Balaban J connectivity index is 1.94. The number of hydrogen-bond donors (Lipinski definition) is 2. The highest BCUT2D eigenvalue weighted by Gasteiger charge is 2.84. The van der Waals surface area contributed by atoms with Gasteiger partial charge in [-0.05, 0) is 26.7 Å². The molecular formula is C17H24O5. The summed E-state index contributed by atoms with van der Waals surface area (Å²) in [5.74, 6) is -0.598. The largest absolute Gasteiger partial charge is 0.396 e. The van der Waals surface area contributed by atoms with E-state index in [1.165, 1.54) is 12.5 Å². The Labute approximate surface area is 130 Å². The van der Waals surface area contributed by atoms with Crippen molar-refractivity contribution in [2.45, 2.75) is 57.5 Å². The maximum Gasteiger partial charge on any atom is 0.136 e. The molecule has 2 aliphatic heterocycles. The number of ether oxygens (including phenoxy) is 2. The van der Waals surface area contributed by atoms with Gasteiger partial charge in [0.15, 0.2) is 0 Å². The molecule has 5 heteroatoms. The van der Waals surface area contributed by atoms with Crippen LogP contribution in [0.4, 0.5) is 0 Å². The molecule has 0 radical (unpaired) electrons. The smallest absolute Gasteiger partial charge is 0.136 e. The molecule has 2 unspecified atom stereocenters. The lowest BCUT2D eigenvalue weighted by molar-refractivity contribution is -0.221. The molecule has 2 saturated heterocycles. The standard InChI is InChI=1S/C17H24O5/c1-9-4-5-16(7-18)11(6-9)22-14-13(20)12(10(2)19)15(16,3)17(14)8-21-17/h6,11-14,18,20H,4-5,7-8H2,1-3H3/t11-,12?,13?,14-,15-,16-,17+/m1/s1. The minimum absolute atomic E-state index is 0.0456. The summed E-state index contributed by atoms with van der Waals surface area (Å²) in [6, 6.07) is 0. The molecule has 0 aromatic rings. The van der Waals surface area contributed by atoms with Crippen LogP contribution in [0.15, 0.2) is 11.6 Å². The van der Waals surface area contributed by atoms with Gasteiger partial charge < -0.3 is 19.7 Å². The lowest BCUT2D eigenvalue weighted by atomic mass is 9.49. The van der Waals surface area contributed by atoms with Crippen molar-refractivity contribution in [3.8, 4) is 0 Å². The molecule has 22 heavy (non-hydrogen) atoms. The zero-order valence-corrected chi connectivity index (χ0v) is 13.3. The predicted molar refractivity (Wildman–Crippen MR) is 78.1 cm³/mol. The Kier molecular flexibility index (Phi) is 2.83. The van der Waals surface area contributed by atoms with E-state index >= 15 is 0 Å². The zero-order chi connectivity index (χ0) is 15.9. The highest BCUT2D eigenvalue weighted by molar-refractivity contribution is 5.81. The van der Waals surface area contributed by atoms with Crippen LogP contribution in [0.2, 0.25) is 0 Å². The van der Waals surface area contributed by atoms with Crippen molar-refractivity contribution < 1.29 is 24.5 Å². The Morgan fingerprint density at radius 2 is 2.18 bits per heavy atom. The van der Waals surface area contributed by atoms with Gasteiger partial charge in [0, 0.05) is 10.8 Å². The first-order valence-electron chi connectivity index (χ1n) is 8.10. The summed E-state index contributed by atoms with van der Waals surface area (Å²) < 4.78 is 12.0. The Bertz CT molecular complexity index is 565. The van der Waals surface area contributed by atoms with Crippen LogP contribution >= 0.6 is 0 Å². The predicted octanol–water partition coefficient (Wildman–Crippen LogP) is 0.828. The molecule has 5 nitrogen and oxygen atoms in total. The van der Waals surface area contributed by atoms with Gasteiger partial charge in [0.1, 0.15) is 17.5 Å².